The molecule has 10 amide bonds. The van der Waals surface area contributed by atoms with E-state index in [2.05, 4.69) is 52.5 Å². The van der Waals surface area contributed by atoms with E-state index in [1.54, 1.807) is 60.7 Å². The van der Waals surface area contributed by atoms with Gasteiger partial charge in [-0.05, 0) is 62.5 Å². The lowest BCUT2D eigenvalue weighted by atomic mass is 9.99. The summed E-state index contributed by atoms with van der Waals surface area (Å²) in [5.41, 5.74) is 33.8. The Morgan fingerprint density at radius 3 is 1.42 bits per heavy atom. The first-order chi connectivity index (χ1) is 35.0. The third-order valence-electron chi connectivity index (χ3n) is 11.5. The number of carbonyl (C=O) groups excluding carboxylic acids is 10. The van der Waals surface area contributed by atoms with E-state index in [4.69, 9.17) is 34.4 Å². The van der Waals surface area contributed by atoms with E-state index in [9.17, 15) is 47.9 Å². The summed E-state index contributed by atoms with van der Waals surface area (Å²) in [6.07, 6.45) is -0.0114. The second-order valence-electron chi connectivity index (χ2n) is 18.2. The fourth-order valence-corrected chi connectivity index (χ4v) is 7.64. The van der Waals surface area contributed by atoms with E-state index in [0.29, 0.717) is 11.1 Å². The number of carbonyl (C=O) groups is 10. The Morgan fingerprint density at radius 1 is 0.554 bits per heavy atom. The number of nitrogens with zero attached hydrogens (tertiary/aromatic N) is 2. The van der Waals surface area contributed by atoms with Crippen molar-refractivity contribution in [2.24, 2.45) is 50.3 Å². The lowest BCUT2D eigenvalue weighted by Gasteiger charge is -2.28. The molecule has 2 aromatic carbocycles. The van der Waals surface area contributed by atoms with Crippen molar-refractivity contribution in [1.82, 2.24) is 42.5 Å². The summed E-state index contributed by atoms with van der Waals surface area (Å²) in [7, 11) is 0. The molecule has 26 nitrogen and oxygen atoms in total. The number of rotatable bonds is 31. The molecule has 0 spiro atoms. The van der Waals surface area contributed by atoms with E-state index >= 15 is 0 Å². The Kier molecular flexibility index (Phi) is 24.8. The molecule has 1 saturated heterocycles. The maximum atomic E-state index is 14.4. The van der Waals surface area contributed by atoms with Crippen molar-refractivity contribution in [3.05, 3.63) is 71.8 Å². The standard InChI is InChI=1S/C48H72N16O10/c1-26(2)22-34(62-46(74)36(24-29-14-8-5-9-15-29)63-43(71)32-18-19-38(66)58-32)44(72)64-35(23-28-12-6-4-7-13-28)45(73)60-30(16-10-20-55-47(51)52)41(69)57-27(3)40(68)59-31(17-11-21-56-48(53)54)42(70)61-33(39(50)67)25-37(49)65/h4-9,12-15,26-27,30-36H,10-11,16-25H2,1-3H3,(H2,49,65)(H2,50,67)(H,57,69)(H,58,66)(H,59,68)(H,60,73)(H,61,70)(H,62,74)(H,63,71)(H,64,72)(H4,51,52,55)(H4,53,54,56)/t27-,30-,31-,32-,33-,34-,35-,36-/m0/s1. The van der Waals surface area contributed by atoms with Crippen LogP contribution in [0.15, 0.2) is 70.6 Å². The molecule has 0 aromatic heterocycles. The molecule has 8 atom stereocenters. The van der Waals surface area contributed by atoms with Gasteiger partial charge in [0.15, 0.2) is 11.9 Å². The minimum Gasteiger partial charge on any atom is -0.370 e. The van der Waals surface area contributed by atoms with Crippen molar-refractivity contribution >= 4 is 71.0 Å². The number of amides is 10. The summed E-state index contributed by atoms with van der Waals surface area (Å²) in [4.78, 5) is 141. The van der Waals surface area contributed by atoms with Gasteiger partial charge in [0.05, 0.1) is 6.42 Å². The van der Waals surface area contributed by atoms with Gasteiger partial charge in [-0.25, -0.2) is 0 Å². The maximum absolute atomic E-state index is 14.4. The Labute approximate surface area is 428 Å². The Hall–Kier alpha value is -8.32. The molecule has 0 radical (unpaired) electrons. The summed E-state index contributed by atoms with van der Waals surface area (Å²) in [6.45, 7) is 5.05. The lowest BCUT2D eigenvalue weighted by Crippen LogP contribution is -2.60. The molecule has 2 aromatic rings. The predicted molar refractivity (Wildman–Crippen MR) is 273 cm³/mol. The highest BCUT2D eigenvalue weighted by atomic mass is 16.2. The second-order valence-corrected chi connectivity index (χ2v) is 18.2. The van der Waals surface area contributed by atoms with Gasteiger partial charge in [-0.3, -0.25) is 57.9 Å². The number of hydrogen-bond acceptors (Lipinski definition) is 12. The topological polar surface area (TPSA) is 448 Å². The summed E-state index contributed by atoms with van der Waals surface area (Å²) in [5, 5.41) is 20.9. The van der Waals surface area contributed by atoms with Gasteiger partial charge in [0, 0.05) is 32.4 Å². The predicted octanol–water partition coefficient (Wildman–Crippen LogP) is -4.32. The number of primary amides is 2. The first-order valence-electron chi connectivity index (χ1n) is 24.2. The zero-order valence-electron chi connectivity index (χ0n) is 41.9. The highest BCUT2D eigenvalue weighted by molar-refractivity contribution is 5.99. The van der Waals surface area contributed by atoms with Crippen LogP contribution in [0.4, 0.5) is 0 Å². The summed E-state index contributed by atoms with van der Waals surface area (Å²) >= 11 is 0. The van der Waals surface area contributed by atoms with E-state index in [1.165, 1.54) is 6.92 Å². The van der Waals surface area contributed by atoms with Crippen molar-refractivity contribution in [3.63, 3.8) is 0 Å². The minimum absolute atomic E-state index is 0.0402. The van der Waals surface area contributed by atoms with Crippen LogP contribution in [0.3, 0.4) is 0 Å². The van der Waals surface area contributed by atoms with Gasteiger partial charge in [0.1, 0.15) is 48.3 Å². The van der Waals surface area contributed by atoms with Gasteiger partial charge < -0.3 is 76.9 Å². The van der Waals surface area contributed by atoms with Gasteiger partial charge in [0.2, 0.25) is 59.1 Å². The number of hydrogen-bond donors (Lipinski definition) is 14. The molecular weight excluding hydrogens is 961 g/mol. The van der Waals surface area contributed by atoms with Crippen LogP contribution in [0.25, 0.3) is 0 Å². The summed E-state index contributed by atoms with van der Waals surface area (Å²) in [6, 6.07) is 7.36. The van der Waals surface area contributed by atoms with Gasteiger partial charge in [0.25, 0.3) is 0 Å². The van der Waals surface area contributed by atoms with Gasteiger partial charge in [-0.1, -0.05) is 74.5 Å². The molecule has 1 fully saturated rings. The van der Waals surface area contributed by atoms with Crippen LogP contribution in [0.2, 0.25) is 0 Å². The molecule has 20 N–H and O–H groups in total. The first-order valence-corrected chi connectivity index (χ1v) is 24.2. The molecule has 1 aliphatic heterocycles. The van der Waals surface area contributed by atoms with Crippen molar-refractivity contribution in [1.29, 1.82) is 0 Å². The lowest BCUT2D eigenvalue weighted by molar-refractivity contribution is -0.136. The third-order valence-corrected chi connectivity index (χ3v) is 11.5. The second kappa shape index (κ2) is 30.5. The SMILES string of the molecule is CC(C)C[C@H](NC(=O)[C@H](Cc1ccccc1)NC(=O)[C@@H]1CCC(=O)N1)C(=O)N[C@@H](Cc1ccccc1)C(=O)N[C@@H](CCCN=C(N)N)C(=O)N[C@@H](C)C(=O)N[C@@H](CCCN=C(N)N)C(=O)N[C@@H](CC(N)=O)C(N)=O. The van der Waals surface area contributed by atoms with Crippen molar-refractivity contribution in [3.8, 4) is 0 Å². The molecule has 1 heterocycles. The molecule has 74 heavy (non-hydrogen) atoms. The molecule has 3 rings (SSSR count). The molecular formula is C48H72N16O10. The van der Waals surface area contributed by atoms with Crippen LogP contribution in [-0.4, -0.2) is 132 Å². The minimum atomic E-state index is -1.50. The smallest absolute Gasteiger partial charge is 0.243 e. The van der Waals surface area contributed by atoms with Gasteiger partial charge in [-0.15, -0.1) is 0 Å². The number of guanidine groups is 2. The molecule has 0 bridgehead atoms. The van der Waals surface area contributed by atoms with E-state index in [-0.39, 0.29) is 94.6 Å². The largest absolute Gasteiger partial charge is 0.370 e. The quantitative estimate of drug-likeness (QED) is 0.0193. The van der Waals surface area contributed by atoms with Crippen LogP contribution >= 0.6 is 0 Å². The Bertz CT molecular complexity index is 2330. The monoisotopic (exact) mass is 1030 g/mol. The van der Waals surface area contributed by atoms with Gasteiger partial charge in [-0.2, -0.15) is 0 Å². The van der Waals surface area contributed by atoms with Gasteiger partial charge >= 0.3 is 0 Å². The average Bonchev–Trinajstić information content (AvgIpc) is 3.78. The maximum Gasteiger partial charge on any atom is 0.243 e. The molecule has 0 saturated carbocycles. The van der Waals surface area contributed by atoms with Crippen LogP contribution < -0.4 is 76.9 Å². The third kappa shape index (κ3) is 22.0. The molecule has 0 unspecified atom stereocenters. The fraction of sp³-hybridized carbons (Fsp3) is 0.500. The summed E-state index contributed by atoms with van der Waals surface area (Å²) in [5.74, 6) is -8.36. The summed E-state index contributed by atoms with van der Waals surface area (Å²) < 4.78 is 0. The number of benzene rings is 2. The van der Waals surface area contributed by atoms with Crippen molar-refractivity contribution in [2.75, 3.05) is 13.1 Å². The van der Waals surface area contributed by atoms with Crippen LogP contribution in [-0.2, 0) is 60.8 Å². The van der Waals surface area contributed by atoms with Crippen molar-refractivity contribution in [2.45, 2.75) is 133 Å². The molecule has 0 aliphatic carbocycles. The van der Waals surface area contributed by atoms with Crippen LogP contribution in [0.1, 0.15) is 83.3 Å². The van der Waals surface area contributed by atoms with E-state index in [1.807, 2.05) is 13.8 Å². The first kappa shape index (κ1) is 60.0. The molecule has 1 aliphatic rings. The van der Waals surface area contributed by atoms with E-state index in [0.717, 1.165) is 0 Å². The van der Waals surface area contributed by atoms with Crippen LogP contribution in [0.5, 0.6) is 0 Å². The zero-order valence-corrected chi connectivity index (χ0v) is 41.9. The number of nitrogens with one attached hydrogen (secondary N) is 8. The van der Waals surface area contributed by atoms with Crippen molar-refractivity contribution < 1.29 is 47.9 Å². The fourth-order valence-electron chi connectivity index (χ4n) is 7.64. The highest BCUT2D eigenvalue weighted by Crippen LogP contribution is 2.13. The Balaban J connectivity index is 1.89. The van der Waals surface area contributed by atoms with Crippen LogP contribution in [0, 0.1) is 5.92 Å². The number of aliphatic imine (C=N–C) groups is 2. The Morgan fingerprint density at radius 2 is 0.973 bits per heavy atom. The molecule has 26 heteroatoms. The number of nitrogens with two attached hydrogens (primary N) is 6. The molecule has 404 valence electrons. The normalized spacial score (nSPS) is 15.7. The van der Waals surface area contributed by atoms with E-state index < -0.39 is 108 Å². The average molecular weight is 1030 g/mol. The zero-order chi connectivity index (χ0) is 54.9. The highest BCUT2D eigenvalue weighted by Gasteiger charge is 2.35.